The quantitative estimate of drug-likeness (QED) is 0.764. The number of nitrogens with zero attached hydrogens (tertiary/aromatic N) is 1. The molecule has 0 radical (unpaired) electrons. The van der Waals surface area contributed by atoms with E-state index in [9.17, 15) is 4.79 Å². The van der Waals surface area contributed by atoms with E-state index in [2.05, 4.69) is 11.9 Å². The molecule has 2 aromatic rings. The maximum atomic E-state index is 12.1. The van der Waals surface area contributed by atoms with Crippen LogP contribution in [-0.2, 0) is 12.8 Å². The molecule has 94 valence electrons. The summed E-state index contributed by atoms with van der Waals surface area (Å²) in [6.45, 7) is 4.11. The number of benzene rings is 1. The van der Waals surface area contributed by atoms with Gasteiger partial charge in [-0.2, -0.15) is 0 Å². The molecule has 1 aromatic carbocycles. The van der Waals surface area contributed by atoms with Crippen LogP contribution < -0.4 is 0 Å². The number of ketones is 1. The highest BCUT2D eigenvalue weighted by Crippen LogP contribution is 2.13. The third-order valence-corrected chi connectivity index (χ3v) is 3.76. The molecular formula is C15H17NOS. The molecule has 1 heterocycles. The van der Waals surface area contributed by atoms with Gasteiger partial charge >= 0.3 is 0 Å². The Hall–Kier alpha value is -1.48. The molecule has 0 atom stereocenters. The standard InChI is InChI=1S/C15H17NOS/c1-3-4-12-5-7-13(8-6-12)14(17)9-15-16-11(2)10-18-15/h5-8,10H,3-4,9H2,1-2H3. The topological polar surface area (TPSA) is 30.0 Å². The van der Waals surface area contributed by atoms with Gasteiger partial charge in [0.15, 0.2) is 5.78 Å². The lowest BCUT2D eigenvalue weighted by Gasteiger charge is -2.01. The van der Waals surface area contributed by atoms with Gasteiger partial charge in [-0.15, -0.1) is 11.3 Å². The van der Waals surface area contributed by atoms with Gasteiger partial charge in [-0.1, -0.05) is 37.6 Å². The Morgan fingerprint density at radius 1 is 1.28 bits per heavy atom. The van der Waals surface area contributed by atoms with E-state index in [1.54, 1.807) is 11.3 Å². The Kier molecular flexibility index (Phi) is 4.26. The fourth-order valence-corrected chi connectivity index (χ4v) is 2.64. The third kappa shape index (κ3) is 3.26. The zero-order valence-electron chi connectivity index (χ0n) is 10.8. The number of hydrogen-bond acceptors (Lipinski definition) is 3. The maximum absolute atomic E-state index is 12.1. The van der Waals surface area contributed by atoms with Crippen molar-refractivity contribution in [2.24, 2.45) is 0 Å². The molecule has 0 spiro atoms. The number of hydrogen-bond donors (Lipinski definition) is 0. The number of aromatic nitrogens is 1. The predicted molar refractivity (Wildman–Crippen MR) is 75.3 cm³/mol. The largest absolute Gasteiger partial charge is 0.294 e. The average Bonchev–Trinajstić information content (AvgIpc) is 2.76. The molecule has 0 fully saturated rings. The lowest BCUT2D eigenvalue weighted by molar-refractivity contribution is 0.0993. The van der Waals surface area contributed by atoms with Crippen molar-refractivity contribution in [3.8, 4) is 0 Å². The molecule has 0 bridgehead atoms. The van der Waals surface area contributed by atoms with Gasteiger partial charge in [-0.3, -0.25) is 4.79 Å². The third-order valence-electron chi connectivity index (χ3n) is 2.79. The summed E-state index contributed by atoms with van der Waals surface area (Å²) in [4.78, 5) is 16.4. The molecule has 0 N–H and O–H groups in total. The second kappa shape index (κ2) is 5.91. The highest BCUT2D eigenvalue weighted by molar-refractivity contribution is 7.09. The number of thiazole rings is 1. The van der Waals surface area contributed by atoms with Gasteiger partial charge in [0, 0.05) is 16.6 Å². The van der Waals surface area contributed by atoms with Crippen LogP contribution in [0.1, 0.15) is 40.0 Å². The van der Waals surface area contributed by atoms with Crippen molar-refractivity contribution >= 4 is 17.1 Å². The first-order valence-corrected chi connectivity index (χ1v) is 7.10. The summed E-state index contributed by atoms with van der Waals surface area (Å²) < 4.78 is 0. The van der Waals surface area contributed by atoms with E-state index >= 15 is 0 Å². The number of carbonyl (C=O) groups excluding carboxylic acids is 1. The summed E-state index contributed by atoms with van der Waals surface area (Å²) in [5.74, 6) is 0.146. The summed E-state index contributed by atoms with van der Waals surface area (Å²) in [5, 5.41) is 2.88. The van der Waals surface area contributed by atoms with Gasteiger partial charge in [0.05, 0.1) is 6.42 Å². The fraction of sp³-hybridized carbons (Fsp3) is 0.333. The molecule has 0 aliphatic carbocycles. The Balaban J connectivity index is 2.04. The molecular weight excluding hydrogens is 242 g/mol. The molecule has 0 saturated heterocycles. The van der Waals surface area contributed by atoms with Gasteiger partial charge < -0.3 is 0 Å². The minimum Gasteiger partial charge on any atom is -0.294 e. The SMILES string of the molecule is CCCc1ccc(C(=O)Cc2nc(C)cs2)cc1. The Labute approximate surface area is 112 Å². The monoisotopic (exact) mass is 259 g/mol. The highest BCUT2D eigenvalue weighted by Gasteiger charge is 2.09. The predicted octanol–water partition coefficient (Wildman–Crippen LogP) is 3.83. The van der Waals surface area contributed by atoms with Crippen molar-refractivity contribution in [3.63, 3.8) is 0 Å². The van der Waals surface area contributed by atoms with Crippen LogP contribution in [0.15, 0.2) is 29.6 Å². The molecule has 3 heteroatoms. The molecule has 0 aliphatic heterocycles. The van der Waals surface area contributed by atoms with Crippen molar-refractivity contribution in [2.75, 3.05) is 0 Å². The van der Waals surface area contributed by atoms with Crippen molar-refractivity contribution in [1.82, 2.24) is 4.98 Å². The van der Waals surface area contributed by atoms with Crippen LogP contribution in [0, 0.1) is 6.92 Å². The minimum atomic E-state index is 0.146. The fourth-order valence-electron chi connectivity index (χ4n) is 1.87. The van der Waals surface area contributed by atoms with E-state index in [0.717, 1.165) is 29.1 Å². The van der Waals surface area contributed by atoms with Crippen LogP contribution in [0.5, 0.6) is 0 Å². The Morgan fingerprint density at radius 3 is 2.56 bits per heavy atom. The molecule has 0 aliphatic rings. The minimum absolute atomic E-state index is 0.146. The first-order chi connectivity index (χ1) is 8.69. The maximum Gasteiger partial charge on any atom is 0.169 e. The number of carbonyl (C=O) groups is 1. The normalized spacial score (nSPS) is 10.6. The van der Waals surface area contributed by atoms with Gasteiger partial charge in [-0.25, -0.2) is 4.98 Å². The van der Waals surface area contributed by atoms with Crippen LogP contribution in [0.25, 0.3) is 0 Å². The van der Waals surface area contributed by atoms with E-state index in [-0.39, 0.29) is 5.78 Å². The molecule has 0 amide bonds. The van der Waals surface area contributed by atoms with E-state index in [0.29, 0.717) is 6.42 Å². The van der Waals surface area contributed by atoms with E-state index < -0.39 is 0 Å². The molecule has 2 rings (SSSR count). The first kappa shape index (κ1) is 13.0. The molecule has 2 nitrogen and oxygen atoms in total. The van der Waals surface area contributed by atoms with Gasteiger partial charge in [-0.05, 0) is 18.9 Å². The van der Waals surface area contributed by atoms with Crippen molar-refractivity contribution in [2.45, 2.75) is 33.1 Å². The van der Waals surface area contributed by atoms with Gasteiger partial charge in [0.2, 0.25) is 0 Å². The smallest absolute Gasteiger partial charge is 0.169 e. The summed E-state index contributed by atoms with van der Waals surface area (Å²) >= 11 is 1.55. The second-order valence-electron chi connectivity index (χ2n) is 4.43. The summed E-state index contributed by atoms with van der Waals surface area (Å²) in [6, 6.07) is 7.94. The summed E-state index contributed by atoms with van der Waals surface area (Å²) in [5.41, 5.74) is 3.06. The van der Waals surface area contributed by atoms with Crippen LogP contribution in [-0.4, -0.2) is 10.8 Å². The van der Waals surface area contributed by atoms with Crippen molar-refractivity contribution in [3.05, 3.63) is 51.5 Å². The van der Waals surface area contributed by atoms with E-state index in [1.807, 2.05) is 36.6 Å². The summed E-state index contributed by atoms with van der Waals surface area (Å²) in [6.07, 6.45) is 2.61. The number of Topliss-reactive ketones (excluding diaryl/α,β-unsaturated/α-hetero) is 1. The Bertz CT molecular complexity index is 528. The average molecular weight is 259 g/mol. The highest BCUT2D eigenvalue weighted by atomic mass is 32.1. The summed E-state index contributed by atoms with van der Waals surface area (Å²) in [7, 11) is 0. The van der Waals surface area contributed by atoms with Crippen molar-refractivity contribution in [1.29, 1.82) is 0 Å². The van der Waals surface area contributed by atoms with Crippen LogP contribution in [0.4, 0.5) is 0 Å². The van der Waals surface area contributed by atoms with E-state index in [1.165, 1.54) is 5.56 Å². The molecule has 18 heavy (non-hydrogen) atoms. The zero-order chi connectivity index (χ0) is 13.0. The van der Waals surface area contributed by atoms with Gasteiger partial charge in [0.25, 0.3) is 0 Å². The number of rotatable bonds is 5. The Morgan fingerprint density at radius 2 is 2.00 bits per heavy atom. The molecule has 1 aromatic heterocycles. The lowest BCUT2D eigenvalue weighted by atomic mass is 10.0. The van der Waals surface area contributed by atoms with Crippen molar-refractivity contribution < 1.29 is 4.79 Å². The van der Waals surface area contributed by atoms with Crippen LogP contribution in [0.2, 0.25) is 0 Å². The second-order valence-corrected chi connectivity index (χ2v) is 5.37. The zero-order valence-corrected chi connectivity index (χ0v) is 11.6. The lowest BCUT2D eigenvalue weighted by Crippen LogP contribution is -2.03. The van der Waals surface area contributed by atoms with Crippen LogP contribution >= 0.6 is 11.3 Å². The van der Waals surface area contributed by atoms with Gasteiger partial charge in [0.1, 0.15) is 5.01 Å². The number of aryl methyl sites for hydroxylation is 2. The van der Waals surface area contributed by atoms with Crippen LogP contribution in [0.3, 0.4) is 0 Å². The first-order valence-electron chi connectivity index (χ1n) is 6.22. The molecule has 0 unspecified atom stereocenters. The van der Waals surface area contributed by atoms with E-state index in [4.69, 9.17) is 0 Å². The molecule has 0 saturated carbocycles.